The van der Waals surface area contributed by atoms with E-state index in [1.165, 1.54) is 0 Å². The third kappa shape index (κ3) is 4.10. The van der Waals surface area contributed by atoms with Gasteiger partial charge in [-0.05, 0) is 43.9 Å². The smallest absolute Gasteiger partial charge is 0.358 e. The largest absolute Gasteiger partial charge is 0.435 e. The van der Waals surface area contributed by atoms with Crippen LogP contribution < -0.4 is 5.32 Å². The van der Waals surface area contributed by atoms with Crippen LogP contribution in [0.3, 0.4) is 0 Å². The number of anilines is 1. The van der Waals surface area contributed by atoms with E-state index >= 15 is 0 Å². The summed E-state index contributed by atoms with van der Waals surface area (Å²) in [6, 6.07) is 5.54. The third-order valence-corrected chi connectivity index (χ3v) is 4.61. The highest BCUT2D eigenvalue weighted by Crippen LogP contribution is 2.39. The van der Waals surface area contributed by atoms with Crippen LogP contribution >= 0.6 is 0 Å². The summed E-state index contributed by atoms with van der Waals surface area (Å²) >= 11 is 0. The molecule has 0 saturated carbocycles. The summed E-state index contributed by atoms with van der Waals surface area (Å²) in [5, 5.41) is 23.7. The van der Waals surface area contributed by atoms with E-state index in [-0.39, 0.29) is 35.5 Å². The first-order chi connectivity index (χ1) is 14.1. The van der Waals surface area contributed by atoms with E-state index in [0.717, 1.165) is 23.0 Å². The molecule has 0 bridgehead atoms. The molecule has 0 fully saturated rings. The van der Waals surface area contributed by atoms with Gasteiger partial charge in [0.25, 0.3) is 0 Å². The summed E-state index contributed by atoms with van der Waals surface area (Å²) in [7, 11) is 0. The molecule has 5 nitrogen and oxygen atoms in total. The van der Waals surface area contributed by atoms with Crippen molar-refractivity contribution < 1.29 is 26.3 Å². The molecule has 1 aliphatic rings. The molecular formula is C19H13F6N5. The molecule has 1 aromatic heterocycles. The van der Waals surface area contributed by atoms with Crippen LogP contribution in [0.4, 0.5) is 32.0 Å². The first-order valence-electron chi connectivity index (χ1n) is 8.72. The number of hydrogen-bond acceptors (Lipinski definition) is 4. The fourth-order valence-electron chi connectivity index (χ4n) is 3.28. The highest BCUT2D eigenvalue weighted by Gasteiger charge is 2.40. The van der Waals surface area contributed by atoms with Gasteiger partial charge in [-0.2, -0.15) is 42.0 Å². The minimum absolute atomic E-state index is 0.0323. The Morgan fingerprint density at radius 3 is 2.30 bits per heavy atom. The van der Waals surface area contributed by atoms with Crippen LogP contribution in [0.1, 0.15) is 35.4 Å². The molecule has 0 unspecified atom stereocenters. The van der Waals surface area contributed by atoms with Crippen molar-refractivity contribution in [3.8, 4) is 17.8 Å². The van der Waals surface area contributed by atoms with Crippen molar-refractivity contribution in [3.05, 3.63) is 52.5 Å². The van der Waals surface area contributed by atoms with E-state index in [2.05, 4.69) is 10.4 Å². The number of allylic oxidation sites excluding steroid dienone is 1. The number of benzene rings is 1. The monoisotopic (exact) mass is 425 g/mol. The molecule has 0 radical (unpaired) electrons. The lowest BCUT2D eigenvalue weighted by atomic mass is 9.95. The van der Waals surface area contributed by atoms with Crippen LogP contribution in [-0.4, -0.2) is 9.78 Å². The zero-order valence-corrected chi connectivity index (χ0v) is 15.2. The van der Waals surface area contributed by atoms with Crippen LogP contribution in [0.15, 0.2) is 30.0 Å². The fraction of sp³-hybridized carbons (Fsp3) is 0.316. The molecule has 0 amide bonds. The molecule has 156 valence electrons. The van der Waals surface area contributed by atoms with E-state index in [0.29, 0.717) is 18.9 Å². The Kier molecular flexibility index (Phi) is 5.49. The second kappa shape index (κ2) is 7.75. The van der Waals surface area contributed by atoms with Crippen LogP contribution in [0.25, 0.3) is 5.69 Å². The van der Waals surface area contributed by atoms with Gasteiger partial charge in [-0.25, -0.2) is 4.68 Å². The van der Waals surface area contributed by atoms with E-state index in [4.69, 9.17) is 10.5 Å². The number of hydrogen-bond donors (Lipinski definition) is 1. The van der Waals surface area contributed by atoms with Gasteiger partial charge in [0.15, 0.2) is 5.69 Å². The van der Waals surface area contributed by atoms with Gasteiger partial charge in [0.1, 0.15) is 17.7 Å². The summed E-state index contributed by atoms with van der Waals surface area (Å²) in [5.41, 5.74) is -2.51. The molecule has 30 heavy (non-hydrogen) atoms. The number of nitrogens with zero attached hydrogens (tertiary/aromatic N) is 4. The number of rotatable bonds is 3. The van der Waals surface area contributed by atoms with E-state index in [1.807, 2.05) is 0 Å². The van der Waals surface area contributed by atoms with Gasteiger partial charge in [0, 0.05) is 17.5 Å². The SMILES string of the molecule is N#CC(C#N)=CNc1cc(C(F)(F)F)ccc1-n1nc(C(F)(F)F)c2c1CCCC2. The van der Waals surface area contributed by atoms with Crippen LogP contribution in [0.2, 0.25) is 0 Å². The molecular weight excluding hydrogens is 412 g/mol. The van der Waals surface area contributed by atoms with Gasteiger partial charge >= 0.3 is 12.4 Å². The average molecular weight is 425 g/mol. The third-order valence-electron chi connectivity index (χ3n) is 4.61. The molecule has 1 aliphatic carbocycles. The number of fused-ring (bicyclic) bond motifs is 1. The summed E-state index contributed by atoms with van der Waals surface area (Å²) in [6.45, 7) is 0. The minimum atomic E-state index is -4.71. The van der Waals surface area contributed by atoms with E-state index in [9.17, 15) is 26.3 Å². The predicted molar refractivity (Wildman–Crippen MR) is 93.1 cm³/mol. The summed E-state index contributed by atoms with van der Waals surface area (Å²) in [6.07, 6.45) is -6.90. The molecule has 3 rings (SSSR count). The Morgan fingerprint density at radius 1 is 1.03 bits per heavy atom. The Bertz CT molecular complexity index is 1060. The number of alkyl halides is 6. The van der Waals surface area contributed by atoms with Gasteiger partial charge in [-0.1, -0.05) is 0 Å². The van der Waals surface area contributed by atoms with Gasteiger partial charge in [-0.15, -0.1) is 0 Å². The number of nitriles is 2. The highest BCUT2D eigenvalue weighted by atomic mass is 19.4. The first-order valence-corrected chi connectivity index (χ1v) is 8.72. The maximum atomic E-state index is 13.4. The van der Waals surface area contributed by atoms with Gasteiger partial charge < -0.3 is 5.32 Å². The van der Waals surface area contributed by atoms with Crippen LogP contribution in [0.5, 0.6) is 0 Å². The lowest BCUT2D eigenvalue weighted by molar-refractivity contribution is -0.142. The van der Waals surface area contributed by atoms with Crippen molar-refractivity contribution in [2.75, 3.05) is 5.32 Å². The van der Waals surface area contributed by atoms with Crippen molar-refractivity contribution >= 4 is 5.69 Å². The first kappa shape index (κ1) is 21.2. The van der Waals surface area contributed by atoms with Crippen molar-refractivity contribution in [1.29, 1.82) is 10.5 Å². The van der Waals surface area contributed by atoms with Crippen molar-refractivity contribution in [3.63, 3.8) is 0 Å². The van der Waals surface area contributed by atoms with Crippen LogP contribution in [-0.2, 0) is 25.2 Å². The molecule has 0 atom stereocenters. The maximum Gasteiger partial charge on any atom is 0.435 e. The fourth-order valence-corrected chi connectivity index (χ4v) is 3.28. The summed E-state index contributed by atoms with van der Waals surface area (Å²) in [4.78, 5) is 0. The standard InChI is InChI=1S/C19H13F6N5/c20-18(21,22)12-5-6-16(14(7-12)28-10-11(8-26)9-27)30-15-4-2-1-3-13(15)17(29-30)19(23,24)25/h5-7,10,28H,1-4H2. The molecule has 0 spiro atoms. The minimum Gasteiger partial charge on any atom is -0.358 e. The lowest BCUT2D eigenvalue weighted by Gasteiger charge is -2.18. The number of nitrogens with one attached hydrogen (secondary N) is 1. The molecule has 1 heterocycles. The quantitative estimate of drug-likeness (QED) is 0.546. The maximum absolute atomic E-state index is 13.4. The molecule has 1 N–H and O–H groups in total. The lowest BCUT2D eigenvalue weighted by Crippen LogP contribution is -2.11. The topological polar surface area (TPSA) is 77.4 Å². The van der Waals surface area contributed by atoms with Crippen molar-refractivity contribution in [2.45, 2.75) is 38.0 Å². The number of halogens is 6. The molecule has 0 aliphatic heterocycles. The molecule has 11 heteroatoms. The van der Waals surface area contributed by atoms with E-state index in [1.54, 1.807) is 12.1 Å². The zero-order chi connectivity index (χ0) is 22.1. The van der Waals surface area contributed by atoms with Gasteiger partial charge in [0.05, 0.1) is 16.9 Å². The molecule has 1 aromatic carbocycles. The second-order valence-electron chi connectivity index (χ2n) is 6.55. The van der Waals surface area contributed by atoms with Crippen molar-refractivity contribution in [2.24, 2.45) is 0 Å². The molecule has 0 saturated heterocycles. The summed E-state index contributed by atoms with van der Waals surface area (Å²) in [5.74, 6) is 0. The Hall–Kier alpha value is -3.47. The van der Waals surface area contributed by atoms with Crippen molar-refractivity contribution in [1.82, 2.24) is 9.78 Å². The average Bonchev–Trinajstić information content (AvgIpc) is 3.08. The summed E-state index contributed by atoms with van der Waals surface area (Å²) < 4.78 is 80.8. The second-order valence-corrected chi connectivity index (χ2v) is 6.55. The van der Waals surface area contributed by atoms with Gasteiger partial charge in [0.2, 0.25) is 0 Å². The predicted octanol–water partition coefficient (Wildman–Crippen LogP) is 5.13. The zero-order valence-electron chi connectivity index (χ0n) is 15.2. The Balaban J connectivity index is 2.21. The highest BCUT2D eigenvalue weighted by molar-refractivity contribution is 5.65. The normalized spacial score (nSPS) is 13.7. The molecule has 2 aromatic rings. The Morgan fingerprint density at radius 2 is 1.70 bits per heavy atom. The van der Waals surface area contributed by atoms with Crippen LogP contribution in [0, 0.1) is 22.7 Å². The Labute approximate surface area is 166 Å². The number of aromatic nitrogens is 2. The van der Waals surface area contributed by atoms with Gasteiger partial charge in [-0.3, -0.25) is 0 Å². The van der Waals surface area contributed by atoms with E-state index < -0.39 is 29.2 Å².